The van der Waals surface area contributed by atoms with Gasteiger partial charge in [0.2, 0.25) is 0 Å². The van der Waals surface area contributed by atoms with E-state index in [1.807, 2.05) is 0 Å². The minimum Gasteiger partial charge on any atom is -0.497 e. The van der Waals surface area contributed by atoms with Crippen LogP contribution in [0, 0.1) is 11.3 Å². The lowest BCUT2D eigenvalue weighted by Crippen LogP contribution is -1.90. The number of hydrogen-bond acceptors (Lipinski definition) is 7. The van der Waals surface area contributed by atoms with Gasteiger partial charge in [0, 0.05) is 6.07 Å². The summed E-state index contributed by atoms with van der Waals surface area (Å²) in [5, 5.41) is 16.7. The molecule has 0 aliphatic heterocycles. The van der Waals surface area contributed by atoms with Crippen LogP contribution in [-0.4, -0.2) is 29.7 Å². The average molecular weight is 291 g/mol. The van der Waals surface area contributed by atoms with E-state index in [-0.39, 0.29) is 5.25 Å². The number of hydrogen-bond donors (Lipinski definition) is 0. The minimum absolute atomic E-state index is 0.249. The molecule has 0 unspecified atom stereocenters. The predicted molar refractivity (Wildman–Crippen MR) is 73.8 cm³/mol. The van der Waals surface area contributed by atoms with Crippen molar-refractivity contribution < 1.29 is 13.9 Å². The molecule has 0 spiro atoms. The van der Waals surface area contributed by atoms with E-state index in [2.05, 4.69) is 16.3 Å². The van der Waals surface area contributed by atoms with E-state index in [4.69, 9.17) is 19.2 Å². The highest BCUT2D eigenvalue weighted by atomic mass is 32.2. The Morgan fingerprint density at radius 2 is 2.10 bits per heavy atom. The van der Waals surface area contributed by atoms with Gasteiger partial charge < -0.3 is 13.9 Å². The van der Waals surface area contributed by atoms with E-state index in [0.717, 1.165) is 0 Å². The molecule has 1 atom stereocenters. The second-order valence-electron chi connectivity index (χ2n) is 3.83. The van der Waals surface area contributed by atoms with Crippen molar-refractivity contribution >= 4 is 11.8 Å². The lowest BCUT2D eigenvalue weighted by Gasteiger charge is -2.07. The predicted octanol–water partition coefficient (Wildman–Crippen LogP) is 2.76. The molecule has 20 heavy (non-hydrogen) atoms. The summed E-state index contributed by atoms with van der Waals surface area (Å²) < 4.78 is 15.9. The quantitative estimate of drug-likeness (QED) is 0.783. The number of ether oxygens (including phenoxy) is 2. The molecule has 0 saturated heterocycles. The van der Waals surface area contributed by atoms with Crippen LogP contribution in [0.5, 0.6) is 11.5 Å². The van der Waals surface area contributed by atoms with E-state index in [1.165, 1.54) is 11.8 Å². The van der Waals surface area contributed by atoms with Crippen LogP contribution in [0.2, 0.25) is 0 Å². The molecule has 7 heteroatoms. The molecule has 1 heterocycles. The number of rotatable bonds is 5. The highest BCUT2D eigenvalue weighted by Crippen LogP contribution is 2.34. The Morgan fingerprint density at radius 3 is 2.75 bits per heavy atom. The molecule has 0 aliphatic carbocycles. The van der Waals surface area contributed by atoms with Crippen LogP contribution in [0.3, 0.4) is 0 Å². The zero-order valence-corrected chi connectivity index (χ0v) is 12.1. The van der Waals surface area contributed by atoms with Gasteiger partial charge in [-0.25, -0.2) is 0 Å². The first-order valence-electron chi connectivity index (χ1n) is 5.80. The summed E-state index contributed by atoms with van der Waals surface area (Å²) in [6, 6.07) is 7.40. The largest absolute Gasteiger partial charge is 0.497 e. The van der Waals surface area contributed by atoms with Crippen molar-refractivity contribution in [1.82, 2.24) is 10.2 Å². The molecule has 0 radical (unpaired) electrons. The van der Waals surface area contributed by atoms with Crippen molar-refractivity contribution in [3.8, 4) is 29.0 Å². The Hall–Kier alpha value is -2.20. The maximum Gasteiger partial charge on any atom is 0.278 e. The van der Waals surface area contributed by atoms with E-state index in [0.29, 0.717) is 28.2 Å². The molecule has 0 N–H and O–H groups in total. The zero-order valence-electron chi connectivity index (χ0n) is 11.3. The van der Waals surface area contributed by atoms with Crippen molar-refractivity contribution in [1.29, 1.82) is 5.26 Å². The van der Waals surface area contributed by atoms with Crippen molar-refractivity contribution in [2.24, 2.45) is 0 Å². The SMILES string of the molecule is COc1ccc(-c2nnc(S[C@@H](C)C#N)o2)c(OC)c1. The third-order valence-electron chi connectivity index (χ3n) is 2.50. The highest BCUT2D eigenvalue weighted by molar-refractivity contribution is 7.99. The summed E-state index contributed by atoms with van der Waals surface area (Å²) in [5.74, 6) is 1.60. The van der Waals surface area contributed by atoms with Crippen molar-refractivity contribution in [2.75, 3.05) is 14.2 Å². The van der Waals surface area contributed by atoms with E-state index >= 15 is 0 Å². The Kier molecular flexibility index (Phi) is 4.48. The molecular formula is C13H13N3O3S. The van der Waals surface area contributed by atoms with Crippen molar-refractivity contribution in [3.63, 3.8) is 0 Å². The molecular weight excluding hydrogens is 278 g/mol. The van der Waals surface area contributed by atoms with Crippen LogP contribution in [0.25, 0.3) is 11.5 Å². The second kappa shape index (κ2) is 6.30. The molecule has 0 fully saturated rings. The number of thioether (sulfide) groups is 1. The van der Waals surface area contributed by atoms with Gasteiger partial charge >= 0.3 is 0 Å². The second-order valence-corrected chi connectivity index (χ2v) is 5.12. The molecule has 0 aliphatic rings. The smallest absolute Gasteiger partial charge is 0.278 e. The van der Waals surface area contributed by atoms with Crippen LogP contribution in [0.1, 0.15) is 6.92 Å². The van der Waals surface area contributed by atoms with E-state index in [1.54, 1.807) is 39.3 Å². The Labute approximate surface area is 120 Å². The van der Waals surface area contributed by atoms with Gasteiger partial charge in [-0.05, 0) is 30.8 Å². The lowest BCUT2D eigenvalue weighted by atomic mass is 10.2. The molecule has 6 nitrogen and oxygen atoms in total. The lowest BCUT2D eigenvalue weighted by molar-refractivity contribution is 0.393. The number of methoxy groups -OCH3 is 2. The molecule has 2 rings (SSSR count). The summed E-state index contributed by atoms with van der Waals surface area (Å²) in [7, 11) is 3.14. The summed E-state index contributed by atoms with van der Waals surface area (Å²) in [6.07, 6.45) is 0. The normalized spacial score (nSPS) is 11.7. The van der Waals surface area contributed by atoms with Gasteiger partial charge in [0.25, 0.3) is 11.1 Å². The van der Waals surface area contributed by atoms with Gasteiger partial charge in [0.15, 0.2) is 0 Å². The van der Waals surface area contributed by atoms with Crippen molar-refractivity contribution in [2.45, 2.75) is 17.4 Å². The number of nitriles is 1. The molecule has 0 bridgehead atoms. The van der Waals surface area contributed by atoms with Crippen LogP contribution in [-0.2, 0) is 0 Å². The molecule has 0 saturated carbocycles. The zero-order chi connectivity index (χ0) is 14.5. The monoisotopic (exact) mass is 291 g/mol. The summed E-state index contributed by atoms with van der Waals surface area (Å²) in [5.41, 5.74) is 0.678. The van der Waals surface area contributed by atoms with Gasteiger partial charge in [0.1, 0.15) is 11.5 Å². The fourth-order valence-corrected chi connectivity index (χ4v) is 2.09. The fourth-order valence-electron chi connectivity index (χ4n) is 1.52. The summed E-state index contributed by atoms with van der Waals surface area (Å²) in [6.45, 7) is 1.77. The van der Waals surface area contributed by atoms with Gasteiger partial charge in [-0.15, -0.1) is 10.2 Å². The fraction of sp³-hybridized carbons (Fsp3) is 0.308. The van der Waals surface area contributed by atoms with E-state index < -0.39 is 0 Å². The van der Waals surface area contributed by atoms with Crippen LogP contribution >= 0.6 is 11.8 Å². The Balaban J connectivity index is 2.30. The van der Waals surface area contributed by atoms with Gasteiger partial charge in [-0.3, -0.25) is 0 Å². The van der Waals surface area contributed by atoms with Crippen molar-refractivity contribution in [3.05, 3.63) is 18.2 Å². The third-order valence-corrected chi connectivity index (χ3v) is 3.33. The molecule has 0 amide bonds. The minimum atomic E-state index is -0.249. The first-order valence-corrected chi connectivity index (χ1v) is 6.68. The van der Waals surface area contributed by atoms with Crippen LogP contribution in [0.15, 0.2) is 27.8 Å². The maximum absolute atomic E-state index is 8.77. The summed E-state index contributed by atoms with van der Waals surface area (Å²) >= 11 is 1.21. The average Bonchev–Trinajstić information content (AvgIpc) is 2.94. The number of aromatic nitrogens is 2. The molecule has 104 valence electrons. The maximum atomic E-state index is 8.77. The summed E-state index contributed by atoms with van der Waals surface area (Å²) in [4.78, 5) is 0. The van der Waals surface area contributed by atoms with E-state index in [9.17, 15) is 0 Å². The first kappa shape index (κ1) is 14.2. The Morgan fingerprint density at radius 1 is 1.30 bits per heavy atom. The number of benzene rings is 1. The van der Waals surface area contributed by atoms with Gasteiger partial charge in [0.05, 0.1) is 31.1 Å². The van der Waals surface area contributed by atoms with Crippen LogP contribution in [0.4, 0.5) is 0 Å². The Bertz CT molecular complexity index is 636. The highest BCUT2D eigenvalue weighted by Gasteiger charge is 2.16. The number of nitrogens with zero attached hydrogens (tertiary/aromatic N) is 3. The topological polar surface area (TPSA) is 81.2 Å². The molecule has 1 aromatic heterocycles. The van der Waals surface area contributed by atoms with Crippen LogP contribution < -0.4 is 9.47 Å². The van der Waals surface area contributed by atoms with Gasteiger partial charge in [-0.1, -0.05) is 0 Å². The third kappa shape index (κ3) is 3.03. The molecule has 1 aromatic carbocycles. The van der Waals surface area contributed by atoms with Gasteiger partial charge in [-0.2, -0.15) is 5.26 Å². The standard InChI is InChI=1S/C13H13N3O3S/c1-8(7-14)20-13-16-15-12(19-13)10-5-4-9(17-2)6-11(10)18-3/h4-6,8H,1-3H3/t8-/m0/s1. The first-order chi connectivity index (χ1) is 9.67. The molecule has 2 aromatic rings.